The first-order chi connectivity index (χ1) is 11.8. The van der Waals surface area contributed by atoms with E-state index in [0.29, 0.717) is 0 Å². The summed E-state index contributed by atoms with van der Waals surface area (Å²) in [6.45, 7) is 4.89. The number of fused-ring (bicyclic) bond motifs is 1. The number of thiophene rings is 1. The molecule has 1 amide bonds. The number of hydrogen-bond acceptors (Lipinski definition) is 3. The molecule has 0 N–H and O–H groups in total. The van der Waals surface area contributed by atoms with E-state index < -0.39 is 0 Å². The molecule has 0 aliphatic carbocycles. The topological polar surface area (TPSA) is 23.6 Å². The lowest BCUT2D eigenvalue weighted by atomic mass is 10.1. The molecule has 1 saturated heterocycles. The zero-order valence-electron chi connectivity index (χ0n) is 14.0. The van der Waals surface area contributed by atoms with Crippen molar-refractivity contribution in [2.24, 2.45) is 0 Å². The molecule has 0 bridgehead atoms. The Hall–Kier alpha value is -1.65. The third kappa shape index (κ3) is 3.40. The second-order valence-corrected chi connectivity index (χ2v) is 7.88. The van der Waals surface area contributed by atoms with Gasteiger partial charge in [-0.3, -0.25) is 9.69 Å². The average Bonchev–Trinajstić information content (AvgIpc) is 3.10. The van der Waals surface area contributed by atoms with Crippen LogP contribution in [-0.4, -0.2) is 35.3 Å². The molecule has 1 aromatic carbocycles. The van der Waals surface area contributed by atoms with E-state index in [1.165, 1.54) is 17.5 Å². The number of carbonyl (C=O) groups is 1. The number of likely N-dealkylation sites (tertiary alicyclic amines) is 1. The van der Waals surface area contributed by atoms with Gasteiger partial charge in [0.25, 0.3) is 5.91 Å². The minimum absolute atomic E-state index is 0.204. The molecule has 0 saturated carbocycles. The van der Waals surface area contributed by atoms with Crippen LogP contribution >= 0.6 is 11.3 Å². The molecular formula is C20H24N2OS. The number of piperidine rings is 1. The van der Waals surface area contributed by atoms with E-state index in [9.17, 15) is 4.79 Å². The van der Waals surface area contributed by atoms with Gasteiger partial charge in [0.2, 0.25) is 0 Å². The number of nitrogens with zero attached hydrogens (tertiary/aromatic N) is 2. The van der Waals surface area contributed by atoms with Crippen molar-refractivity contribution in [3.05, 3.63) is 57.3 Å². The monoisotopic (exact) mass is 340 g/mol. The second-order valence-electron chi connectivity index (χ2n) is 6.88. The van der Waals surface area contributed by atoms with E-state index >= 15 is 0 Å². The van der Waals surface area contributed by atoms with Gasteiger partial charge in [0.1, 0.15) is 0 Å². The highest BCUT2D eigenvalue weighted by Gasteiger charge is 2.20. The number of hydrogen-bond donors (Lipinski definition) is 0. The maximum atomic E-state index is 12.7. The Morgan fingerprint density at radius 1 is 1.08 bits per heavy atom. The molecule has 2 aliphatic heterocycles. The van der Waals surface area contributed by atoms with E-state index in [4.69, 9.17) is 0 Å². The van der Waals surface area contributed by atoms with E-state index in [0.717, 1.165) is 57.5 Å². The predicted octanol–water partition coefficient (Wildman–Crippen LogP) is 3.93. The van der Waals surface area contributed by atoms with Gasteiger partial charge in [0.15, 0.2) is 0 Å². The van der Waals surface area contributed by atoms with Gasteiger partial charge in [-0.1, -0.05) is 12.1 Å². The Balaban J connectivity index is 1.44. The third-order valence-corrected chi connectivity index (χ3v) is 6.13. The van der Waals surface area contributed by atoms with E-state index in [1.54, 1.807) is 4.88 Å². The highest BCUT2D eigenvalue weighted by atomic mass is 32.1. The molecule has 3 heterocycles. The lowest BCUT2D eigenvalue weighted by Crippen LogP contribution is -2.35. The molecule has 0 spiro atoms. The van der Waals surface area contributed by atoms with Gasteiger partial charge in [-0.05, 0) is 60.4 Å². The lowest BCUT2D eigenvalue weighted by molar-refractivity contribution is 0.0724. The Labute approximate surface area is 147 Å². The Bertz CT molecular complexity index is 718. The lowest BCUT2D eigenvalue weighted by Gasteiger charge is -2.28. The smallest absolute Gasteiger partial charge is 0.253 e. The first kappa shape index (κ1) is 15.9. The van der Waals surface area contributed by atoms with Crippen LogP contribution in [0.3, 0.4) is 0 Å². The fourth-order valence-electron chi connectivity index (χ4n) is 3.78. The van der Waals surface area contributed by atoms with Gasteiger partial charge in [-0.2, -0.15) is 0 Å². The molecule has 2 aliphatic rings. The summed E-state index contributed by atoms with van der Waals surface area (Å²) in [5.41, 5.74) is 3.57. The van der Waals surface area contributed by atoms with Gasteiger partial charge in [0.05, 0.1) is 0 Å². The largest absolute Gasteiger partial charge is 0.339 e. The molecule has 1 aromatic heterocycles. The fraction of sp³-hybridized carbons (Fsp3) is 0.450. The molecule has 0 unspecified atom stereocenters. The van der Waals surface area contributed by atoms with Crippen molar-refractivity contribution in [1.82, 2.24) is 9.80 Å². The first-order valence-electron chi connectivity index (χ1n) is 8.95. The standard InChI is InChI=1S/C20H24N2OS/c23-20(22-9-2-1-3-10-22)17-6-4-5-16(13-17)14-21-11-7-19-18(15-21)8-12-24-19/h4-6,8,12-13H,1-3,7,9-11,14-15H2. The van der Waals surface area contributed by atoms with Crippen molar-refractivity contribution in [2.45, 2.75) is 38.8 Å². The van der Waals surface area contributed by atoms with Crippen LogP contribution < -0.4 is 0 Å². The number of rotatable bonds is 3. The average molecular weight is 340 g/mol. The quantitative estimate of drug-likeness (QED) is 0.845. The summed E-state index contributed by atoms with van der Waals surface area (Å²) in [7, 11) is 0. The molecule has 24 heavy (non-hydrogen) atoms. The molecule has 4 rings (SSSR count). The summed E-state index contributed by atoms with van der Waals surface area (Å²) in [5.74, 6) is 0.204. The fourth-order valence-corrected chi connectivity index (χ4v) is 4.67. The van der Waals surface area contributed by atoms with E-state index in [2.05, 4.69) is 28.5 Å². The highest BCUT2D eigenvalue weighted by Crippen LogP contribution is 2.25. The number of carbonyl (C=O) groups excluding carboxylic acids is 1. The Morgan fingerprint density at radius 3 is 2.83 bits per heavy atom. The molecule has 126 valence electrons. The maximum absolute atomic E-state index is 12.7. The summed E-state index contributed by atoms with van der Waals surface area (Å²) < 4.78 is 0. The molecule has 2 aromatic rings. The van der Waals surface area contributed by atoms with Crippen molar-refractivity contribution in [3.8, 4) is 0 Å². The number of benzene rings is 1. The first-order valence-corrected chi connectivity index (χ1v) is 9.83. The molecule has 1 fully saturated rings. The zero-order valence-corrected chi connectivity index (χ0v) is 14.9. The van der Waals surface area contributed by atoms with Gasteiger partial charge in [-0.15, -0.1) is 11.3 Å². The third-order valence-electron chi connectivity index (χ3n) is 5.11. The van der Waals surface area contributed by atoms with Crippen molar-refractivity contribution < 1.29 is 4.79 Å². The molecular weight excluding hydrogens is 316 g/mol. The normalized spacial score (nSPS) is 18.4. The molecule has 3 nitrogen and oxygen atoms in total. The van der Waals surface area contributed by atoms with E-state index in [-0.39, 0.29) is 5.91 Å². The molecule has 4 heteroatoms. The van der Waals surface area contributed by atoms with Crippen LogP contribution in [0.4, 0.5) is 0 Å². The number of amides is 1. The van der Waals surface area contributed by atoms with Crippen molar-refractivity contribution in [3.63, 3.8) is 0 Å². The Morgan fingerprint density at radius 2 is 1.96 bits per heavy atom. The predicted molar refractivity (Wildman–Crippen MR) is 98.3 cm³/mol. The van der Waals surface area contributed by atoms with Crippen molar-refractivity contribution in [2.75, 3.05) is 19.6 Å². The highest BCUT2D eigenvalue weighted by molar-refractivity contribution is 7.10. The van der Waals surface area contributed by atoms with Crippen molar-refractivity contribution in [1.29, 1.82) is 0 Å². The van der Waals surface area contributed by atoms with Gasteiger partial charge in [-0.25, -0.2) is 0 Å². The van der Waals surface area contributed by atoms with Gasteiger partial charge < -0.3 is 4.90 Å². The molecule has 0 radical (unpaired) electrons. The van der Waals surface area contributed by atoms with Crippen LogP contribution in [0, 0.1) is 0 Å². The molecule has 0 atom stereocenters. The Kier molecular flexibility index (Phi) is 4.67. The maximum Gasteiger partial charge on any atom is 0.253 e. The summed E-state index contributed by atoms with van der Waals surface area (Å²) in [4.78, 5) is 18.7. The van der Waals surface area contributed by atoms with Crippen molar-refractivity contribution >= 4 is 17.2 Å². The zero-order chi connectivity index (χ0) is 16.4. The summed E-state index contributed by atoms with van der Waals surface area (Å²) in [5, 5.41) is 2.20. The van der Waals surface area contributed by atoms with Gasteiger partial charge in [0, 0.05) is 43.2 Å². The van der Waals surface area contributed by atoms with Crippen LogP contribution in [0.1, 0.15) is 45.6 Å². The van der Waals surface area contributed by atoms with E-state index in [1.807, 2.05) is 28.4 Å². The van der Waals surface area contributed by atoms with Crippen LogP contribution in [0.2, 0.25) is 0 Å². The summed E-state index contributed by atoms with van der Waals surface area (Å²) >= 11 is 1.88. The van der Waals surface area contributed by atoms with Gasteiger partial charge >= 0.3 is 0 Å². The summed E-state index contributed by atoms with van der Waals surface area (Å²) in [6.07, 6.45) is 4.69. The van der Waals surface area contributed by atoms with Crippen LogP contribution in [0.5, 0.6) is 0 Å². The summed E-state index contributed by atoms with van der Waals surface area (Å²) in [6, 6.07) is 10.5. The SMILES string of the molecule is O=C(c1cccc(CN2CCc3sccc3C2)c1)N1CCCCC1. The minimum Gasteiger partial charge on any atom is -0.339 e. The van der Waals surface area contributed by atoms with Crippen LogP contribution in [0.15, 0.2) is 35.7 Å². The van der Waals surface area contributed by atoms with Crippen LogP contribution in [-0.2, 0) is 19.5 Å². The minimum atomic E-state index is 0.204. The second kappa shape index (κ2) is 7.08. The van der Waals surface area contributed by atoms with Crippen LogP contribution in [0.25, 0.3) is 0 Å².